The van der Waals surface area contributed by atoms with Crippen LogP contribution in [0.25, 0.3) is 94.3 Å². The van der Waals surface area contributed by atoms with E-state index in [2.05, 4.69) is 301 Å². The van der Waals surface area contributed by atoms with E-state index in [9.17, 15) is 0 Å². The Kier molecular flexibility index (Phi) is 9.83. The molecule has 0 fully saturated rings. The molecule has 15 rings (SSSR count). The summed E-state index contributed by atoms with van der Waals surface area (Å²) in [7, 11) is 0. The van der Waals surface area contributed by atoms with Gasteiger partial charge < -0.3 is 9.47 Å². The second-order valence-electron chi connectivity index (χ2n) is 19.9. The van der Waals surface area contributed by atoms with Crippen LogP contribution in [0.1, 0.15) is 22.3 Å². The predicted molar refractivity (Wildman–Crippen MR) is 314 cm³/mol. The van der Waals surface area contributed by atoms with Gasteiger partial charge in [-0.25, -0.2) is 0 Å². The molecule has 0 saturated heterocycles. The third kappa shape index (κ3) is 6.60. The fourth-order valence-corrected chi connectivity index (χ4v) is 12.7. The molecule has 1 aliphatic carbocycles. The molecule has 2 heterocycles. The molecular weight excluding hydrogens is 905 g/mol. The van der Waals surface area contributed by atoms with Crippen LogP contribution < -0.4 is 4.90 Å². The molecule has 1 aliphatic heterocycles. The number of nitrogens with zero attached hydrogens (tertiary/aromatic N) is 2. The zero-order chi connectivity index (χ0) is 49.5. The fraction of sp³-hybridized carbons (Fsp3) is 0.0137. The maximum atomic E-state index is 2.52. The lowest BCUT2D eigenvalue weighted by Gasteiger charge is -2.39. The average molecular weight is 953 g/mol. The molecule has 0 amide bonds. The summed E-state index contributed by atoms with van der Waals surface area (Å²) in [6.07, 6.45) is 0. The zero-order valence-electron chi connectivity index (χ0n) is 41.1. The molecule has 1 unspecified atom stereocenters. The van der Waals surface area contributed by atoms with E-state index < -0.39 is 5.41 Å². The summed E-state index contributed by atoms with van der Waals surface area (Å²) in [5.74, 6) is 0. The van der Waals surface area contributed by atoms with E-state index in [-0.39, 0.29) is 0 Å². The molecule has 0 bridgehead atoms. The monoisotopic (exact) mass is 952 g/mol. The van der Waals surface area contributed by atoms with E-state index in [1.165, 1.54) is 88.7 Å². The summed E-state index contributed by atoms with van der Waals surface area (Å²) in [4.78, 5) is 2.46. The fourth-order valence-electron chi connectivity index (χ4n) is 12.7. The summed E-state index contributed by atoms with van der Waals surface area (Å²) in [5.41, 5.74) is 26.1. The number of aromatic nitrogens is 1. The molecule has 13 aromatic rings. The Morgan fingerprint density at radius 2 is 0.733 bits per heavy atom. The molecule has 1 spiro atoms. The molecule has 0 saturated carbocycles. The molecule has 2 aliphatic rings. The number of rotatable bonds is 8. The van der Waals surface area contributed by atoms with Gasteiger partial charge in [-0.3, -0.25) is 0 Å². The Morgan fingerprint density at radius 3 is 1.49 bits per heavy atom. The number of benzene rings is 12. The summed E-state index contributed by atoms with van der Waals surface area (Å²) in [5, 5.41) is 2.57. The predicted octanol–water partition coefficient (Wildman–Crippen LogP) is 19.3. The SMILES string of the molecule is c1ccc(-c2ccc(-c3ccccc3N(c3ccc(-c4ccc5c(c4)C4(c6ccccc6-5)c5ccccc5-n5c6ccccc6c6cccc4c65)cc3)c3ccccc3-c3cccc(-c4ccccc4)c3)cc2)cc1. The van der Waals surface area contributed by atoms with Crippen LogP contribution in [0.4, 0.5) is 17.1 Å². The first kappa shape index (κ1) is 42.9. The molecule has 1 aromatic heterocycles. The molecule has 2 nitrogen and oxygen atoms in total. The van der Waals surface area contributed by atoms with E-state index in [0.29, 0.717) is 0 Å². The normalized spacial score (nSPS) is 13.9. The summed E-state index contributed by atoms with van der Waals surface area (Å²) < 4.78 is 2.52. The second-order valence-corrected chi connectivity index (χ2v) is 19.9. The molecule has 2 heteroatoms. The molecule has 0 radical (unpaired) electrons. The summed E-state index contributed by atoms with van der Waals surface area (Å²) in [6, 6.07) is 108. The van der Waals surface area contributed by atoms with Crippen LogP contribution in [0.5, 0.6) is 0 Å². The zero-order valence-corrected chi connectivity index (χ0v) is 41.1. The van der Waals surface area contributed by atoms with E-state index in [1.54, 1.807) is 0 Å². The van der Waals surface area contributed by atoms with Crippen molar-refractivity contribution >= 4 is 38.9 Å². The number of anilines is 3. The van der Waals surface area contributed by atoms with Crippen molar-refractivity contribution in [1.82, 2.24) is 4.57 Å². The largest absolute Gasteiger partial charge is 0.309 e. The van der Waals surface area contributed by atoms with Crippen LogP contribution in [-0.2, 0) is 5.41 Å². The number of fused-ring (bicyclic) bond motifs is 12. The Balaban J connectivity index is 0.896. The van der Waals surface area contributed by atoms with Crippen LogP contribution in [0.2, 0.25) is 0 Å². The Bertz CT molecular complexity index is 4340. The molecule has 0 N–H and O–H groups in total. The summed E-state index contributed by atoms with van der Waals surface area (Å²) in [6.45, 7) is 0. The maximum Gasteiger partial charge on any atom is 0.0754 e. The van der Waals surface area contributed by atoms with Gasteiger partial charge in [-0.2, -0.15) is 0 Å². The third-order valence-electron chi connectivity index (χ3n) is 16.0. The highest BCUT2D eigenvalue weighted by molar-refractivity contribution is 6.13. The minimum atomic E-state index is -0.524. The van der Waals surface area contributed by atoms with Crippen molar-refractivity contribution in [1.29, 1.82) is 0 Å². The van der Waals surface area contributed by atoms with Gasteiger partial charge in [0.2, 0.25) is 0 Å². The van der Waals surface area contributed by atoms with Crippen LogP contribution >= 0.6 is 0 Å². The third-order valence-corrected chi connectivity index (χ3v) is 16.0. The van der Waals surface area contributed by atoms with Crippen molar-refractivity contribution in [3.05, 3.63) is 313 Å². The van der Waals surface area contributed by atoms with Crippen LogP contribution in [0.3, 0.4) is 0 Å². The van der Waals surface area contributed by atoms with Crippen molar-refractivity contribution in [2.45, 2.75) is 5.41 Å². The van der Waals surface area contributed by atoms with Gasteiger partial charge in [-0.1, -0.05) is 243 Å². The standard InChI is InChI=1S/C73H48N2/c1-3-19-49(20-4-1)51-37-39-53(40-38-51)58-25-8-13-33-68(58)74(69-34-14-9-26-59(69)56-24-17-23-54(47-56)50-21-5-2-6-22-50)57-44-41-52(42-45-57)55-43-46-61-60-27-7-11-30-64(60)73(67(61)48-55)65-31-12-16-36-71(65)75-70-35-15-10-28-62(70)63-29-18-32-66(73)72(63)75/h1-48H. The van der Waals surface area contributed by atoms with E-state index >= 15 is 0 Å². The Morgan fingerprint density at radius 1 is 0.267 bits per heavy atom. The van der Waals surface area contributed by atoms with Crippen molar-refractivity contribution in [2.24, 2.45) is 0 Å². The van der Waals surface area contributed by atoms with E-state index in [1.807, 2.05) is 0 Å². The number of hydrogen-bond acceptors (Lipinski definition) is 1. The van der Waals surface area contributed by atoms with Gasteiger partial charge in [0, 0.05) is 27.6 Å². The minimum Gasteiger partial charge on any atom is -0.309 e. The van der Waals surface area contributed by atoms with Gasteiger partial charge in [0.05, 0.1) is 33.5 Å². The number of hydrogen-bond donors (Lipinski definition) is 0. The highest BCUT2D eigenvalue weighted by atomic mass is 15.1. The van der Waals surface area contributed by atoms with Crippen molar-refractivity contribution in [2.75, 3.05) is 4.90 Å². The minimum absolute atomic E-state index is 0.524. The number of para-hydroxylation sites is 5. The van der Waals surface area contributed by atoms with Gasteiger partial charge in [-0.05, 0) is 126 Å². The second kappa shape index (κ2) is 17.2. The van der Waals surface area contributed by atoms with Gasteiger partial charge in [-0.15, -0.1) is 0 Å². The molecule has 75 heavy (non-hydrogen) atoms. The van der Waals surface area contributed by atoms with Crippen molar-refractivity contribution in [3.8, 4) is 72.4 Å². The van der Waals surface area contributed by atoms with Crippen molar-refractivity contribution in [3.63, 3.8) is 0 Å². The Labute approximate surface area is 437 Å². The average Bonchev–Trinajstić information content (AvgIpc) is 4.00. The first-order chi connectivity index (χ1) is 37.2. The van der Waals surface area contributed by atoms with Crippen molar-refractivity contribution < 1.29 is 0 Å². The lowest BCUT2D eigenvalue weighted by atomic mass is 9.65. The van der Waals surface area contributed by atoms with Gasteiger partial charge in [0.25, 0.3) is 0 Å². The van der Waals surface area contributed by atoms with Gasteiger partial charge >= 0.3 is 0 Å². The quantitative estimate of drug-likeness (QED) is 0.147. The topological polar surface area (TPSA) is 8.17 Å². The molecule has 12 aromatic carbocycles. The van der Waals surface area contributed by atoms with Gasteiger partial charge in [0.1, 0.15) is 0 Å². The molecular formula is C73H48N2. The van der Waals surface area contributed by atoms with Crippen LogP contribution in [0.15, 0.2) is 291 Å². The van der Waals surface area contributed by atoms with E-state index in [0.717, 1.165) is 44.9 Å². The Hall–Kier alpha value is -9.76. The first-order valence-electron chi connectivity index (χ1n) is 26.0. The van der Waals surface area contributed by atoms with Crippen LogP contribution in [0, 0.1) is 0 Å². The van der Waals surface area contributed by atoms with E-state index in [4.69, 9.17) is 0 Å². The van der Waals surface area contributed by atoms with Crippen LogP contribution in [-0.4, -0.2) is 4.57 Å². The molecule has 1 atom stereocenters. The maximum absolute atomic E-state index is 2.52. The highest BCUT2D eigenvalue weighted by Gasteiger charge is 2.50. The smallest absolute Gasteiger partial charge is 0.0754 e. The highest BCUT2D eigenvalue weighted by Crippen LogP contribution is 2.61. The lowest BCUT2D eigenvalue weighted by Crippen LogP contribution is -2.33. The molecule has 350 valence electrons. The summed E-state index contributed by atoms with van der Waals surface area (Å²) >= 11 is 0. The first-order valence-corrected chi connectivity index (χ1v) is 26.0. The van der Waals surface area contributed by atoms with Gasteiger partial charge in [0.15, 0.2) is 0 Å². The lowest BCUT2D eigenvalue weighted by molar-refractivity contribution is 0.749.